The first kappa shape index (κ1) is 24.1. The van der Waals surface area contributed by atoms with Crippen molar-refractivity contribution in [3.8, 4) is 22.5 Å². The molecule has 2 amide bonds. The van der Waals surface area contributed by atoms with Gasteiger partial charge in [0, 0.05) is 23.9 Å². The van der Waals surface area contributed by atoms with Gasteiger partial charge in [-0.2, -0.15) is 0 Å². The SMILES string of the molecule is Cc1ccc(NC(=O)CN(C)C(=O)CSc2nnc(-c3ccccc3)c(-c3ccccc3)n2)cc1. The number of benzene rings is 3. The summed E-state index contributed by atoms with van der Waals surface area (Å²) in [5.41, 5.74) is 5.01. The zero-order valence-corrected chi connectivity index (χ0v) is 20.3. The normalized spacial score (nSPS) is 10.6. The molecule has 1 aromatic heterocycles. The maximum atomic E-state index is 12.6. The van der Waals surface area contributed by atoms with E-state index in [-0.39, 0.29) is 24.1 Å². The lowest BCUT2D eigenvalue weighted by Crippen LogP contribution is -2.36. The van der Waals surface area contributed by atoms with Crippen LogP contribution in [0.15, 0.2) is 90.1 Å². The van der Waals surface area contributed by atoms with Gasteiger partial charge in [0.2, 0.25) is 17.0 Å². The van der Waals surface area contributed by atoms with E-state index in [9.17, 15) is 9.59 Å². The zero-order chi connectivity index (χ0) is 24.6. The molecule has 0 aliphatic carbocycles. The minimum absolute atomic E-state index is 0.0470. The molecule has 0 bridgehead atoms. The maximum absolute atomic E-state index is 12.6. The number of likely N-dealkylation sites (N-methyl/N-ethyl adjacent to an activating group) is 1. The molecule has 0 aliphatic rings. The Balaban J connectivity index is 1.42. The Bertz CT molecular complexity index is 1300. The van der Waals surface area contributed by atoms with E-state index in [1.54, 1.807) is 7.05 Å². The molecule has 0 saturated carbocycles. The molecule has 0 atom stereocenters. The third kappa shape index (κ3) is 6.51. The molecule has 0 aliphatic heterocycles. The van der Waals surface area contributed by atoms with Gasteiger partial charge in [0.1, 0.15) is 11.4 Å². The predicted molar refractivity (Wildman–Crippen MR) is 139 cm³/mol. The Labute approximate surface area is 208 Å². The van der Waals surface area contributed by atoms with E-state index in [0.29, 0.717) is 22.2 Å². The largest absolute Gasteiger partial charge is 0.336 e. The van der Waals surface area contributed by atoms with Crippen LogP contribution in [0.3, 0.4) is 0 Å². The number of anilines is 1. The topological polar surface area (TPSA) is 88.1 Å². The van der Waals surface area contributed by atoms with Gasteiger partial charge < -0.3 is 10.2 Å². The van der Waals surface area contributed by atoms with Gasteiger partial charge in [-0.15, -0.1) is 10.2 Å². The Hall–Kier alpha value is -4.04. The first-order valence-corrected chi connectivity index (χ1v) is 12.1. The summed E-state index contributed by atoms with van der Waals surface area (Å²) in [5, 5.41) is 11.9. The number of thioether (sulfide) groups is 1. The highest BCUT2D eigenvalue weighted by molar-refractivity contribution is 7.99. The molecule has 1 N–H and O–H groups in total. The van der Waals surface area contributed by atoms with Crippen molar-refractivity contribution in [1.82, 2.24) is 20.1 Å². The second-order valence-corrected chi connectivity index (χ2v) is 8.92. The van der Waals surface area contributed by atoms with Gasteiger partial charge in [0.05, 0.1) is 12.3 Å². The van der Waals surface area contributed by atoms with Crippen molar-refractivity contribution in [1.29, 1.82) is 0 Å². The molecule has 4 rings (SSSR count). The Morgan fingerprint density at radius 3 is 2.06 bits per heavy atom. The highest BCUT2D eigenvalue weighted by Gasteiger charge is 2.17. The van der Waals surface area contributed by atoms with E-state index in [1.165, 1.54) is 16.7 Å². The van der Waals surface area contributed by atoms with Gasteiger partial charge in [-0.05, 0) is 19.1 Å². The van der Waals surface area contributed by atoms with E-state index in [1.807, 2.05) is 91.9 Å². The van der Waals surface area contributed by atoms with E-state index in [0.717, 1.165) is 16.7 Å². The van der Waals surface area contributed by atoms with Crippen LogP contribution in [0.5, 0.6) is 0 Å². The number of carbonyl (C=O) groups excluding carboxylic acids is 2. The van der Waals surface area contributed by atoms with E-state index >= 15 is 0 Å². The number of nitrogens with one attached hydrogen (secondary N) is 1. The Morgan fingerprint density at radius 2 is 1.43 bits per heavy atom. The van der Waals surface area contributed by atoms with Crippen LogP contribution in [0.1, 0.15) is 5.56 Å². The van der Waals surface area contributed by atoms with Crippen LogP contribution in [0.2, 0.25) is 0 Å². The van der Waals surface area contributed by atoms with Crippen molar-refractivity contribution in [3.63, 3.8) is 0 Å². The van der Waals surface area contributed by atoms with Crippen LogP contribution < -0.4 is 5.32 Å². The predicted octanol–water partition coefficient (Wildman–Crippen LogP) is 4.70. The molecular formula is C27H25N5O2S. The standard InChI is InChI=1S/C27H25N5O2S/c1-19-13-15-22(16-14-19)28-23(33)17-32(2)24(34)18-35-27-29-25(20-9-5-3-6-10-20)26(30-31-27)21-11-7-4-8-12-21/h3-16H,17-18H2,1-2H3,(H,28,33). The molecule has 3 aromatic carbocycles. The molecule has 1 heterocycles. The Kier molecular flexibility index (Phi) is 7.84. The summed E-state index contributed by atoms with van der Waals surface area (Å²) in [6, 6.07) is 27.0. The number of hydrogen-bond acceptors (Lipinski definition) is 6. The van der Waals surface area contributed by atoms with Gasteiger partial charge in [-0.1, -0.05) is 90.1 Å². The number of nitrogens with zero attached hydrogens (tertiary/aromatic N) is 4. The summed E-state index contributed by atoms with van der Waals surface area (Å²) in [5.74, 6) is -0.369. The first-order valence-electron chi connectivity index (χ1n) is 11.1. The summed E-state index contributed by atoms with van der Waals surface area (Å²) < 4.78 is 0. The minimum atomic E-state index is -0.258. The highest BCUT2D eigenvalue weighted by Crippen LogP contribution is 2.29. The molecule has 0 radical (unpaired) electrons. The first-order chi connectivity index (χ1) is 17.0. The van der Waals surface area contributed by atoms with E-state index < -0.39 is 0 Å². The van der Waals surface area contributed by atoms with Gasteiger partial charge >= 0.3 is 0 Å². The smallest absolute Gasteiger partial charge is 0.243 e. The monoisotopic (exact) mass is 483 g/mol. The highest BCUT2D eigenvalue weighted by atomic mass is 32.2. The van der Waals surface area contributed by atoms with Crippen LogP contribution in [0.25, 0.3) is 22.5 Å². The molecule has 4 aromatic rings. The number of aromatic nitrogens is 3. The number of amides is 2. The third-order valence-corrected chi connectivity index (χ3v) is 6.05. The third-order valence-electron chi connectivity index (χ3n) is 5.23. The van der Waals surface area contributed by atoms with Crippen LogP contribution in [0, 0.1) is 6.92 Å². The second kappa shape index (κ2) is 11.4. The van der Waals surface area contributed by atoms with E-state index in [4.69, 9.17) is 4.98 Å². The van der Waals surface area contributed by atoms with Gasteiger partial charge in [-0.25, -0.2) is 4.98 Å². The van der Waals surface area contributed by atoms with Crippen LogP contribution in [-0.4, -0.2) is 51.2 Å². The molecule has 7 nitrogen and oxygen atoms in total. The fourth-order valence-electron chi connectivity index (χ4n) is 3.34. The summed E-state index contributed by atoms with van der Waals surface area (Å²) in [6.07, 6.45) is 0. The van der Waals surface area contributed by atoms with Gasteiger partial charge in [0.15, 0.2) is 0 Å². The fourth-order valence-corrected chi connectivity index (χ4v) is 4.06. The lowest BCUT2D eigenvalue weighted by Gasteiger charge is -2.16. The average Bonchev–Trinajstić information content (AvgIpc) is 2.89. The van der Waals surface area contributed by atoms with Crippen molar-refractivity contribution in [3.05, 3.63) is 90.5 Å². The minimum Gasteiger partial charge on any atom is -0.336 e. The van der Waals surface area contributed by atoms with Crippen LogP contribution in [-0.2, 0) is 9.59 Å². The lowest BCUT2D eigenvalue weighted by atomic mass is 10.0. The quantitative estimate of drug-likeness (QED) is 0.366. The molecule has 35 heavy (non-hydrogen) atoms. The number of aryl methyl sites for hydroxylation is 1. The van der Waals surface area contributed by atoms with Crippen molar-refractivity contribution >= 4 is 29.3 Å². The van der Waals surface area contributed by atoms with Crippen molar-refractivity contribution in [2.24, 2.45) is 0 Å². The number of carbonyl (C=O) groups is 2. The van der Waals surface area contributed by atoms with Crippen LogP contribution in [0.4, 0.5) is 5.69 Å². The summed E-state index contributed by atoms with van der Waals surface area (Å²) >= 11 is 1.19. The maximum Gasteiger partial charge on any atom is 0.243 e. The molecule has 0 unspecified atom stereocenters. The van der Waals surface area contributed by atoms with Crippen molar-refractivity contribution in [2.75, 3.05) is 24.7 Å². The zero-order valence-electron chi connectivity index (χ0n) is 19.5. The molecule has 8 heteroatoms. The summed E-state index contributed by atoms with van der Waals surface area (Å²) in [7, 11) is 1.60. The Morgan fingerprint density at radius 1 is 0.829 bits per heavy atom. The second-order valence-electron chi connectivity index (χ2n) is 7.98. The molecule has 0 fully saturated rings. The van der Waals surface area contributed by atoms with Crippen molar-refractivity contribution < 1.29 is 9.59 Å². The number of hydrogen-bond donors (Lipinski definition) is 1. The summed E-state index contributed by atoms with van der Waals surface area (Å²) in [6.45, 7) is 1.93. The van der Waals surface area contributed by atoms with Crippen molar-refractivity contribution in [2.45, 2.75) is 12.1 Å². The van der Waals surface area contributed by atoms with Gasteiger partial charge in [-0.3, -0.25) is 9.59 Å². The molecular weight excluding hydrogens is 458 g/mol. The van der Waals surface area contributed by atoms with Crippen LogP contribution >= 0.6 is 11.8 Å². The summed E-state index contributed by atoms with van der Waals surface area (Å²) in [4.78, 5) is 31.1. The molecule has 0 spiro atoms. The lowest BCUT2D eigenvalue weighted by molar-refractivity contribution is -0.131. The molecule has 176 valence electrons. The van der Waals surface area contributed by atoms with E-state index in [2.05, 4.69) is 15.5 Å². The van der Waals surface area contributed by atoms with Gasteiger partial charge in [0.25, 0.3) is 0 Å². The number of rotatable bonds is 8. The average molecular weight is 484 g/mol. The fraction of sp³-hybridized carbons (Fsp3) is 0.148. The molecule has 0 saturated heterocycles.